The van der Waals surface area contributed by atoms with Crippen LogP contribution in [0, 0.1) is 0 Å². The van der Waals surface area contributed by atoms with Crippen LogP contribution in [0.25, 0.3) is 0 Å². The van der Waals surface area contributed by atoms with Gasteiger partial charge in [-0.15, -0.1) is 0 Å². The Morgan fingerprint density at radius 3 is 2.00 bits per heavy atom. The molecule has 0 saturated heterocycles. The maximum atomic E-state index is 11.1. The summed E-state index contributed by atoms with van der Waals surface area (Å²) in [6.45, 7) is 0. The number of carboxylic acids is 1. The van der Waals surface area contributed by atoms with E-state index in [0.717, 1.165) is 11.1 Å². The summed E-state index contributed by atoms with van der Waals surface area (Å²) in [4.78, 5) is 11.1. The minimum Gasteiger partial charge on any atom is -0.479 e. The largest absolute Gasteiger partial charge is 0.479 e. The molecule has 0 aliphatic rings. The summed E-state index contributed by atoms with van der Waals surface area (Å²) in [5, 5.41) is 18.9. The monoisotopic (exact) mass is 256 g/mol. The van der Waals surface area contributed by atoms with Crippen molar-refractivity contribution in [2.24, 2.45) is 0 Å². The molecule has 0 aromatic heterocycles. The van der Waals surface area contributed by atoms with Gasteiger partial charge in [0, 0.05) is 5.92 Å². The van der Waals surface area contributed by atoms with Crippen molar-refractivity contribution in [3.63, 3.8) is 0 Å². The van der Waals surface area contributed by atoms with E-state index >= 15 is 0 Å². The molecular weight excluding hydrogens is 240 g/mol. The Bertz CT molecular complexity index is 522. The van der Waals surface area contributed by atoms with Crippen LogP contribution in [0.3, 0.4) is 0 Å². The summed E-state index contributed by atoms with van der Waals surface area (Å²) < 4.78 is 0. The third-order valence-electron chi connectivity index (χ3n) is 3.16. The van der Waals surface area contributed by atoms with E-state index in [0.29, 0.717) is 6.42 Å². The van der Waals surface area contributed by atoms with Crippen LogP contribution in [-0.2, 0) is 11.2 Å². The van der Waals surface area contributed by atoms with Gasteiger partial charge in [0.05, 0.1) is 0 Å². The Kier molecular flexibility index (Phi) is 4.31. The van der Waals surface area contributed by atoms with Crippen molar-refractivity contribution in [1.29, 1.82) is 0 Å². The number of carbonyl (C=O) groups is 1. The molecule has 98 valence electrons. The molecule has 0 spiro atoms. The molecule has 2 rings (SSSR count). The van der Waals surface area contributed by atoms with Gasteiger partial charge in [-0.3, -0.25) is 0 Å². The number of aliphatic carboxylic acids is 1. The summed E-state index contributed by atoms with van der Waals surface area (Å²) >= 11 is 0. The van der Waals surface area contributed by atoms with Crippen LogP contribution in [0.2, 0.25) is 0 Å². The lowest BCUT2D eigenvalue weighted by molar-refractivity contribution is -0.147. The van der Waals surface area contributed by atoms with E-state index in [1.807, 2.05) is 60.7 Å². The van der Waals surface area contributed by atoms with Crippen LogP contribution in [0.15, 0.2) is 60.7 Å². The molecule has 2 aromatic carbocycles. The van der Waals surface area contributed by atoms with Crippen LogP contribution < -0.4 is 0 Å². The molecule has 0 saturated carbocycles. The molecule has 0 fully saturated rings. The van der Waals surface area contributed by atoms with Crippen LogP contribution in [0.1, 0.15) is 17.0 Å². The molecule has 1 unspecified atom stereocenters. The predicted octanol–water partition coefficient (Wildman–Crippen LogP) is 2.46. The maximum Gasteiger partial charge on any atom is 0.333 e. The molecule has 19 heavy (non-hydrogen) atoms. The highest BCUT2D eigenvalue weighted by molar-refractivity contribution is 5.73. The number of carboxylic acid groups (broad SMARTS) is 1. The van der Waals surface area contributed by atoms with Gasteiger partial charge >= 0.3 is 5.97 Å². The van der Waals surface area contributed by atoms with Gasteiger partial charge in [0.15, 0.2) is 6.10 Å². The molecule has 2 aromatic rings. The van der Waals surface area contributed by atoms with Crippen LogP contribution >= 0.6 is 0 Å². The zero-order chi connectivity index (χ0) is 13.7. The normalized spacial score (nSPS) is 13.7. The Labute approximate surface area is 112 Å². The molecular formula is C16H16O3. The molecule has 3 heteroatoms. The SMILES string of the molecule is O=C(O)[C@H](O)C(Cc1ccccc1)c1ccccc1. The molecule has 0 radical (unpaired) electrons. The highest BCUT2D eigenvalue weighted by Crippen LogP contribution is 2.24. The molecule has 0 amide bonds. The average Bonchev–Trinajstić information content (AvgIpc) is 2.46. The summed E-state index contributed by atoms with van der Waals surface area (Å²) in [7, 11) is 0. The highest BCUT2D eigenvalue weighted by Gasteiger charge is 2.27. The standard InChI is InChI=1S/C16H16O3/c17-15(16(18)19)14(13-9-5-2-6-10-13)11-12-7-3-1-4-8-12/h1-10,14-15,17H,11H2,(H,18,19)/t14?,15-/m1/s1. The third kappa shape index (κ3) is 3.42. The first-order valence-electron chi connectivity index (χ1n) is 6.18. The highest BCUT2D eigenvalue weighted by atomic mass is 16.4. The fraction of sp³-hybridized carbons (Fsp3) is 0.188. The van der Waals surface area contributed by atoms with Gasteiger partial charge in [-0.2, -0.15) is 0 Å². The lowest BCUT2D eigenvalue weighted by Crippen LogP contribution is -2.29. The van der Waals surface area contributed by atoms with Gasteiger partial charge in [-0.25, -0.2) is 4.79 Å². The molecule has 0 heterocycles. The van der Waals surface area contributed by atoms with Crippen molar-refractivity contribution in [2.45, 2.75) is 18.4 Å². The van der Waals surface area contributed by atoms with Crippen molar-refractivity contribution in [3.05, 3.63) is 71.8 Å². The van der Waals surface area contributed by atoms with E-state index < -0.39 is 18.0 Å². The quantitative estimate of drug-likeness (QED) is 0.864. The van der Waals surface area contributed by atoms with Crippen molar-refractivity contribution < 1.29 is 15.0 Å². The summed E-state index contributed by atoms with van der Waals surface area (Å²) in [5.74, 6) is -1.63. The zero-order valence-corrected chi connectivity index (χ0v) is 10.4. The second-order valence-corrected chi connectivity index (χ2v) is 4.49. The molecule has 2 N–H and O–H groups in total. The van der Waals surface area contributed by atoms with Gasteiger partial charge < -0.3 is 10.2 Å². The maximum absolute atomic E-state index is 11.1. The minimum atomic E-state index is -1.40. The lowest BCUT2D eigenvalue weighted by atomic mass is 9.87. The Balaban J connectivity index is 2.27. The van der Waals surface area contributed by atoms with Crippen LogP contribution in [0.4, 0.5) is 0 Å². The first kappa shape index (κ1) is 13.3. The van der Waals surface area contributed by atoms with Crippen LogP contribution in [-0.4, -0.2) is 22.3 Å². The third-order valence-corrected chi connectivity index (χ3v) is 3.16. The number of aliphatic hydroxyl groups excluding tert-OH is 1. The van der Waals surface area contributed by atoms with Gasteiger partial charge in [-0.1, -0.05) is 60.7 Å². The summed E-state index contributed by atoms with van der Waals surface area (Å²) in [5.41, 5.74) is 1.85. The number of benzene rings is 2. The zero-order valence-electron chi connectivity index (χ0n) is 10.4. The lowest BCUT2D eigenvalue weighted by Gasteiger charge is -2.20. The van der Waals surface area contributed by atoms with Gasteiger partial charge in [0.2, 0.25) is 0 Å². The number of hydrogen-bond donors (Lipinski definition) is 2. The fourth-order valence-electron chi connectivity index (χ4n) is 2.15. The van der Waals surface area contributed by atoms with Crippen molar-refractivity contribution in [1.82, 2.24) is 0 Å². The molecule has 0 aliphatic heterocycles. The second kappa shape index (κ2) is 6.16. The Morgan fingerprint density at radius 2 is 1.47 bits per heavy atom. The molecule has 2 atom stereocenters. The molecule has 3 nitrogen and oxygen atoms in total. The fourth-order valence-corrected chi connectivity index (χ4v) is 2.15. The van der Waals surface area contributed by atoms with E-state index in [-0.39, 0.29) is 0 Å². The van der Waals surface area contributed by atoms with E-state index in [1.54, 1.807) is 0 Å². The van der Waals surface area contributed by atoms with Gasteiger partial charge in [0.25, 0.3) is 0 Å². The van der Waals surface area contributed by atoms with Gasteiger partial charge in [-0.05, 0) is 17.5 Å². The number of aliphatic hydroxyl groups is 1. The Morgan fingerprint density at radius 1 is 0.947 bits per heavy atom. The topological polar surface area (TPSA) is 57.5 Å². The minimum absolute atomic E-state index is 0.443. The van der Waals surface area contributed by atoms with Crippen molar-refractivity contribution in [2.75, 3.05) is 0 Å². The number of rotatable bonds is 5. The number of hydrogen-bond acceptors (Lipinski definition) is 2. The van der Waals surface area contributed by atoms with Crippen molar-refractivity contribution >= 4 is 5.97 Å². The smallest absolute Gasteiger partial charge is 0.333 e. The van der Waals surface area contributed by atoms with Crippen LogP contribution in [0.5, 0.6) is 0 Å². The van der Waals surface area contributed by atoms with Gasteiger partial charge in [0.1, 0.15) is 0 Å². The summed E-state index contributed by atoms with van der Waals surface area (Å²) in [6.07, 6.45) is -0.902. The van der Waals surface area contributed by atoms with Crippen molar-refractivity contribution in [3.8, 4) is 0 Å². The van der Waals surface area contributed by atoms with E-state index in [2.05, 4.69) is 0 Å². The molecule has 0 aliphatic carbocycles. The first-order chi connectivity index (χ1) is 9.18. The van der Waals surface area contributed by atoms with E-state index in [4.69, 9.17) is 5.11 Å². The first-order valence-corrected chi connectivity index (χ1v) is 6.18. The Hall–Kier alpha value is -2.13. The molecule has 0 bridgehead atoms. The predicted molar refractivity (Wildman–Crippen MR) is 73.0 cm³/mol. The summed E-state index contributed by atoms with van der Waals surface area (Å²) in [6, 6.07) is 18.9. The van der Waals surface area contributed by atoms with E-state index in [9.17, 15) is 9.90 Å². The average molecular weight is 256 g/mol. The van der Waals surface area contributed by atoms with E-state index in [1.165, 1.54) is 0 Å². The second-order valence-electron chi connectivity index (χ2n) is 4.49.